The van der Waals surface area contributed by atoms with Gasteiger partial charge in [0, 0.05) is 16.3 Å². The number of para-hydroxylation sites is 1. The van der Waals surface area contributed by atoms with Crippen LogP contribution < -0.4 is 15.5 Å². The first-order valence-corrected chi connectivity index (χ1v) is 9.78. The first kappa shape index (κ1) is 18.7. The summed E-state index contributed by atoms with van der Waals surface area (Å²) in [6.45, 7) is -0.199. The van der Waals surface area contributed by atoms with Gasteiger partial charge in [0.1, 0.15) is 10.9 Å². The molecule has 140 valence electrons. The van der Waals surface area contributed by atoms with Gasteiger partial charge in [-0.25, -0.2) is 0 Å². The highest BCUT2D eigenvalue weighted by atomic mass is 35.5. The number of thiocarbonyl (C=S) groups is 1. The largest absolute Gasteiger partial charge is 0.324 e. The van der Waals surface area contributed by atoms with Crippen LogP contribution in [-0.2, 0) is 14.4 Å². The number of nitrogens with zero attached hydrogens (tertiary/aromatic N) is 1. The highest BCUT2D eigenvalue weighted by Crippen LogP contribution is 2.42. The molecule has 2 aromatic carbocycles. The van der Waals surface area contributed by atoms with E-state index in [9.17, 15) is 14.4 Å². The van der Waals surface area contributed by atoms with E-state index >= 15 is 0 Å². The third kappa shape index (κ3) is 3.42. The van der Waals surface area contributed by atoms with E-state index in [0.717, 1.165) is 11.8 Å². The third-order valence-electron chi connectivity index (χ3n) is 4.18. The van der Waals surface area contributed by atoms with Crippen molar-refractivity contribution >= 4 is 74.6 Å². The molecule has 1 fully saturated rings. The van der Waals surface area contributed by atoms with Crippen LogP contribution in [0.4, 0.5) is 11.4 Å². The van der Waals surface area contributed by atoms with E-state index in [4.69, 9.17) is 23.8 Å². The van der Waals surface area contributed by atoms with Crippen molar-refractivity contribution in [1.29, 1.82) is 0 Å². The van der Waals surface area contributed by atoms with Crippen LogP contribution in [0.3, 0.4) is 0 Å². The number of benzene rings is 2. The van der Waals surface area contributed by atoms with Gasteiger partial charge >= 0.3 is 0 Å². The summed E-state index contributed by atoms with van der Waals surface area (Å²) < 4.78 is 0.301. The SMILES string of the molecule is O=C(CN1C(=O)/C(=C2/SC(=S)NC2=O)c2ccccc21)Nc1cccc(Cl)c1. The van der Waals surface area contributed by atoms with Crippen molar-refractivity contribution in [3.8, 4) is 0 Å². The summed E-state index contributed by atoms with van der Waals surface area (Å²) in [5.41, 5.74) is 1.97. The van der Waals surface area contributed by atoms with E-state index in [2.05, 4.69) is 10.6 Å². The molecule has 2 aromatic rings. The Balaban J connectivity index is 1.64. The van der Waals surface area contributed by atoms with Gasteiger partial charge in [-0.1, -0.05) is 59.8 Å². The van der Waals surface area contributed by atoms with Gasteiger partial charge in [0.2, 0.25) is 5.91 Å². The van der Waals surface area contributed by atoms with Gasteiger partial charge in [0.25, 0.3) is 11.8 Å². The fourth-order valence-electron chi connectivity index (χ4n) is 3.05. The van der Waals surface area contributed by atoms with Gasteiger partial charge in [-0.2, -0.15) is 0 Å². The minimum atomic E-state index is -0.412. The quantitative estimate of drug-likeness (QED) is 0.578. The maximum absolute atomic E-state index is 13.1. The molecular formula is C19H12ClN3O3S2. The molecule has 0 unspecified atom stereocenters. The standard InChI is InChI=1S/C19H12ClN3O3S2/c20-10-4-3-5-11(8-10)21-14(24)9-23-13-7-2-1-6-12(13)15(18(23)26)16-17(25)22-19(27)28-16/h1-8H,9H2,(H,21,24)(H,22,25,27)/b16-15+. The molecule has 2 aliphatic heterocycles. The summed E-state index contributed by atoms with van der Waals surface area (Å²) in [6.07, 6.45) is 0. The Kier molecular flexibility index (Phi) is 4.92. The number of carbonyl (C=O) groups excluding carboxylic acids is 3. The summed E-state index contributed by atoms with van der Waals surface area (Å²) in [5.74, 6) is -1.20. The Morgan fingerprint density at radius 2 is 1.96 bits per heavy atom. The fraction of sp³-hybridized carbons (Fsp3) is 0.0526. The normalized spacial score (nSPS) is 18.3. The summed E-state index contributed by atoms with van der Waals surface area (Å²) in [4.78, 5) is 39.4. The van der Waals surface area contributed by atoms with Crippen molar-refractivity contribution in [2.24, 2.45) is 0 Å². The van der Waals surface area contributed by atoms with E-state index in [-0.39, 0.29) is 22.9 Å². The first-order chi connectivity index (χ1) is 13.4. The molecule has 0 aliphatic carbocycles. The Morgan fingerprint density at radius 3 is 2.68 bits per heavy atom. The van der Waals surface area contributed by atoms with Gasteiger partial charge in [0.05, 0.1) is 16.2 Å². The number of thioether (sulfide) groups is 1. The molecule has 28 heavy (non-hydrogen) atoms. The predicted octanol–water partition coefficient (Wildman–Crippen LogP) is 3.18. The lowest BCUT2D eigenvalue weighted by Gasteiger charge is -2.16. The molecule has 2 aliphatic rings. The molecular weight excluding hydrogens is 418 g/mol. The number of rotatable bonds is 3. The van der Waals surface area contributed by atoms with Crippen LogP contribution in [0.15, 0.2) is 53.4 Å². The smallest absolute Gasteiger partial charge is 0.264 e. The van der Waals surface area contributed by atoms with E-state index < -0.39 is 11.8 Å². The predicted molar refractivity (Wildman–Crippen MR) is 114 cm³/mol. The average Bonchev–Trinajstić information content (AvgIpc) is 3.11. The molecule has 6 nitrogen and oxygen atoms in total. The molecule has 9 heteroatoms. The van der Waals surface area contributed by atoms with E-state index in [1.807, 2.05) is 0 Å². The minimum Gasteiger partial charge on any atom is -0.324 e. The molecule has 0 radical (unpaired) electrons. The van der Waals surface area contributed by atoms with Crippen molar-refractivity contribution < 1.29 is 14.4 Å². The summed E-state index contributed by atoms with van der Waals surface area (Å²) in [5, 5.41) is 5.74. The van der Waals surface area contributed by atoms with Crippen molar-refractivity contribution in [2.45, 2.75) is 0 Å². The van der Waals surface area contributed by atoms with Gasteiger partial charge in [-0.3, -0.25) is 19.3 Å². The molecule has 2 N–H and O–H groups in total. The van der Waals surface area contributed by atoms with Crippen LogP contribution in [0.25, 0.3) is 5.57 Å². The Hall–Kier alpha value is -2.68. The second kappa shape index (κ2) is 7.38. The Morgan fingerprint density at radius 1 is 1.18 bits per heavy atom. The highest BCUT2D eigenvalue weighted by Gasteiger charge is 2.39. The lowest BCUT2D eigenvalue weighted by Crippen LogP contribution is -2.35. The summed E-state index contributed by atoms with van der Waals surface area (Å²) in [7, 11) is 0. The van der Waals surface area contributed by atoms with Gasteiger partial charge in [-0.05, 0) is 24.3 Å². The minimum absolute atomic E-state index is 0.199. The van der Waals surface area contributed by atoms with Crippen LogP contribution in [0.1, 0.15) is 5.56 Å². The third-order valence-corrected chi connectivity index (χ3v) is 5.65. The molecule has 0 saturated carbocycles. The zero-order valence-corrected chi connectivity index (χ0v) is 16.6. The van der Waals surface area contributed by atoms with E-state index in [1.54, 1.807) is 48.5 Å². The molecule has 1 saturated heterocycles. The zero-order valence-electron chi connectivity index (χ0n) is 14.2. The Bertz CT molecular complexity index is 1080. The van der Waals surface area contributed by atoms with Crippen LogP contribution in [0, 0.1) is 0 Å². The van der Waals surface area contributed by atoms with Crippen LogP contribution in [0.5, 0.6) is 0 Å². The molecule has 2 heterocycles. The lowest BCUT2D eigenvalue weighted by atomic mass is 10.1. The van der Waals surface area contributed by atoms with Crippen molar-refractivity contribution in [2.75, 3.05) is 16.8 Å². The molecule has 0 spiro atoms. The number of nitrogens with one attached hydrogen (secondary N) is 2. The van der Waals surface area contributed by atoms with Crippen LogP contribution in [-0.4, -0.2) is 28.6 Å². The molecule has 4 rings (SSSR count). The number of hydrogen-bond donors (Lipinski definition) is 2. The van der Waals surface area contributed by atoms with Crippen molar-refractivity contribution in [1.82, 2.24) is 5.32 Å². The number of hydrogen-bond acceptors (Lipinski definition) is 5. The maximum Gasteiger partial charge on any atom is 0.264 e. The topological polar surface area (TPSA) is 78.5 Å². The average molecular weight is 430 g/mol. The first-order valence-electron chi connectivity index (χ1n) is 8.18. The zero-order chi connectivity index (χ0) is 19.8. The van der Waals surface area contributed by atoms with E-state index in [1.165, 1.54) is 4.90 Å². The molecule has 0 bridgehead atoms. The number of carbonyl (C=O) groups is 3. The Labute approximate surface area is 174 Å². The van der Waals surface area contributed by atoms with Gasteiger partial charge in [-0.15, -0.1) is 0 Å². The van der Waals surface area contributed by atoms with Crippen LogP contribution in [0.2, 0.25) is 5.02 Å². The number of anilines is 2. The number of halogens is 1. The highest BCUT2D eigenvalue weighted by molar-refractivity contribution is 8.27. The number of fused-ring (bicyclic) bond motifs is 1. The van der Waals surface area contributed by atoms with Crippen molar-refractivity contribution in [3.05, 3.63) is 64.0 Å². The second-order valence-electron chi connectivity index (χ2n) is 6.01. The number of amides is 3. The van der Waals surface area contributed by atoms with Crippen molar-refractivity contribution in [3.63, 3.8) is 0 Å². The summed E-state index contributed by atoms with van der Waals surface area (Å²) >= 11 is 12.0. The monoisotopic (exact) mass is 429 g/mol. The fourth-order valence-corrected chi connectivity index (χ4v) is 4.35. The second-order valence-corrected chi connectivity index (χ2v) is 8.14. The van der Waals surface area contributed by atoms with E-state index in [0.29, 0.717) is 26.3 Å². The molecule has 0 atom stereocenters. The molecule has 3 amide bonds. The molecule has 0 aromatic heterocycles. The van der Waals surface area contributed by atoms with Gasteiger partial charge in [0.15, 0.2) is 0 Å². The lowest BCUT2D eigenvalue weighted by molar-refractivity contribution is -0.118. The summed E-state index contributed by atoms with van der Waals surface area (Å²) in [6, 6.07) is 13.8. The van der Waals surface area contributed by atoms with Gasteiger partial charge < -0.3 is 10.6 Å². The maximum atomic E-state index is 13.1. The van der Waals surface area contributed by atoms with Crippen LogP contribution >= 0.6 is 35.6 Å².